The fraction of sp³-hybridized carbons (Fsp3) is 0.333. The van der Waals surface area contributed by atoms with E-state index in [-0.39, 0.29) is 5.91 Å². The van der Waals surface area contributed by atoms with Gasteiger partial charge in [0.2, 0.25) is 0 Å². The van der Waals surface area contributed by atoms with Crippen LogP contribution in [0.15, 0.2) is 48.5 Å². The maximum absolute atomic E-state index is 12.9. The van der Waals surface area contributed by atoms with E-state index in [9.17, 15) is 4.79 Å². The summed E-state index contributed by atoms with van der Waals surface area (Å²) >= 11 is 0. The van der Waals surface area contributed by atoms with Crippen molar-refractivity contribution < 1.29 is 4.79 Å². The lowest BCUT2D eigenvalue weighted by atomic mass is 10.1. The Kier molecular flexibility index (Phi) is 4.47. The van der Waals surface area contributed by atoms with Crippen LogP contribution in [0.25, 0.3) is 16.7 Å². The van der Waals surface area contributed by atoms with Crippen molar-refractivity contribution in [3.8, 4) is 5.69 Å². The lowest BCUT2D eigenvalue weighted by Gasteiger charge is -2.27. The molecule has 26 heavy (non-hydrogen) atoms. The molecule has 1 atom stereocenters. The van der Waals surface area contributed by atoms with Crippen LogP contribution in [0.4, 0.5) is 0 Å². The predicted molar refractivity (Wildman–Crippen MR) is 104 cm³/mol. The van der Waals surface area contributed by atoms with Gasteiger partial charge in [-0.25, -0.2) is 4.98 Å². The van der Waals surface area contributed by atoms with Crippen LogP contribution in [0, 0.1) is 6.92 Å². The highest BCUT2D eigenvalue weighted by Crippen LogP contribution is 2.22. The summed E-state index contributed by atoms with van der Waals surface area (Å²) in [5, 5.41) is 3.34. The van der Waals surface area contributed by atoms with E-state index in [0.717, 1.165) is 54.2 Å². The van der Waals surface area contributed by atoms with Gasteiger partial charge >= 0.3 is 0 Å². The van der Waals surface area contributed by atoms with Crippen molar-refractivity contribution in [2.75, 3.05) is 19.6 Å². The predicted octanol–water partition coefficient (Wildman–Crippen LogP) is 3.16. The molecule has 0 saturated carbocycles. The number of para-hydroxylation sites is 2. The maximum atomic E-state index is 12.9. The number of nitrogens with zero attached hydrogens (tertiary/aromatic N) is 3. The van der Waals surface area contributed by atoms with Crippen molar-refractivity contribution in [1.82, 2.24) is 19.8 Å². The molecule has 134 valence electrons. The SMILES string of the molecule is CCN(C(=O)c1ccc(-n2c(C)nc3ccccc32)cc1)[C@@H]1CCNC1. The van der Waals surface area contributed by atoms with Crippen LogP contribution in [-0.4, -0.2) is 46.0 Å². The van der Waals surface area contributed by atoms with Gasteiger partial charge in [-0.1, -0.05) is 12.1 Å². The molecule has 1 aromatic heterocycles. The standard InChI is InChI=1S/C21H24N4O/c1-3-24(18-12-13-22-14-18)21(26)16-8-10-17(11-9-16)25-15(2)23-19-6-4-5-7-20(19)25/h4-11,18,22H,3,12-14H2,1-2H3/t18-/m1/s1. The Bertz CT molecular complexity index is 923. The number of likely N-dealkylation sites (N-methyl/N-ethyl adjacent to an activating group) is 1. The highest BCUT2D eigenvalue weighted by molar-refractivity contribution is 5.94. The number of amides is 1. The average molecular weight is 348 g/mol. The number of benzene rings is 2. The van der Waals surface area contributed by atoms with E-state index < -0.39 is 0 Å². The molecule has 2 aromatic carbocycles. The number of rotatable bonds is 4. The first kappa shape index (κ1) is 16.8. The molecule has 0 spiro atoms. The molecule has 0 radical (unpaired) electrons. The molecule has 1 fully saturated rings. The molecule has 0 aliphatic carbocycles. The number of imidazole rings is 1. The maximum Gasteiger partial charge on any atom is 0.254 e. The number of fused-ring (bicyclic) bond motifs is 1. The largest absolute Gasteiger partial charge is 0.335 e. The molecular weight excluding hydrogens is 324 g/mol. The van der Waals surface area contributed by atoms with E-state index >= 15 is 0 Å². The van der Waals surface area contributed by atoms with E-state index in [1.54, 1.807) is 0 Å². The van der Waals surface area contributed by atoms with Gasteiger partial charge in [0.25, 0.3) is 5.91 Å². The summed E-state index contributed by atoms with van der Waals surface area (Å²) in [6.07, 6.45) is 1.03. The van der Waals surface area contributed by atoms with Crippen molar-refractivity contribution in [3.63, 3.8) is 0 Å². The van der Waals surface area contributed by atoms with Crippen molar-refractivity contribution in [1.29, 1.82) is 0 Å². The second kappa shape index (κ2) is 6.92. The van der Waals surface area contributed by atoms with E-state index in [1.807, 2.05) is 61.2 Å². The van der Waals surface area contributed by atoms with Crippen LogP contribution in [0.5, 0.6) is 0 Å². The topological polar surface area (TPSA) is 50.2 Å². The Hall–Kier alpha value is -2.66. The Labute approximate surface area is 153 Å². The monoisotopic (exact) mass is 348 g/mol. The number of aryl methyl sites for hydroxylation is 1. The van der Waals surface area contributed by atoms with Gasteiger partial charge in [-0.15, -0.1) is 0 Å². The van der Waals surface area contributed by atoms with Gasteiger partial charge in [0.15, 0.2) is 0 Å². The molecule has 1 aliphatic rings. The summed E-state index contributed by atoms with van der Waals surface area (Å²) in [5.41, 5.74) is 3.83. The fourth-order valence-electron chi connectivity index (χ4n) is 3.86. The van der Waals surface area contributed by atoms with Crippen LogP contribution in [0.3, 0.4) is 0 Å². The van der Waals surface area contributed by atoms with Crippen LogP contribution in [-0.2, 0) is 0 Å². The Morgan fingerprint density at radius 2 is 2.00 bits per heavy atom. The number of hydrogen-bond acceptors (Lipinski definition) is 3. The lowest BCUT2D eigenvalue weighted by molar-refractivity contribution is 0.0704. The summed E-state index contributed by atoms with van der Waals surface area (Å²) in [6, 6.07) is 16.3. The number of hydrogen-bond donors (Lipinski definition) is 1. The van der Waals surface area contributed by atoms with Gasteiger partial charge in [0.1, 0.15) is 5.82 Å². The van der Waals surface area contributed by atoms with Crippen molar-refractivity contribution in [2.24, 2.45) is 0 Å². The van der Waals surface area contributed by atoms with E-state index in [4.69, 9.17) is 0 Å². The van der Waals surface area contributed by atoms with Crippen LogP contribution in [0.1, 0.15) is 29.5 Å². The zero-order chi connectivity index (χ0) is 18.1. The van der Waals surface area contributed by atoms with Gasteiger partial charge in [-0.2, -0.15) is 0 Å². The van der Waals surface area contributed by atoms with Gasteiger partial charge < -0.3 is 10.2 Å². The minimum absolute atomic E-state index is 0.111. The van der Waals surface area contributed by atoms with Gasteiger partial charge in [-0.3, -0.25) is 9.36 Å². The number of aromatic nitrogens is 2. The zero-order valence-corrected chi connectivity index (χ0v) is 15.3. The number of nitrogens with one attached hydrogen (secondary N) is 1. The minimum atomic E-state index is 0.111. The Balaban J connectivity index is 1.64. The van der Waals surface area contributed by atoms with Crippen LogP contribution >= 0.6 is 0 Å². The molecule has 0 unspecified atom stereocenters. The molecule has 1 amide bonds. The molecule has 5 heteroatoms. The second-order valence-corrected chi connectivity index (χ2v) is 6.77. The first-order valence-electron chi connectivity index (χ1n) is 9.25. The summed E-state index contributed by atoms with van der Waals surface area (Å²) in [5.74, 6) is 1.05. The molecule has 5 nitrogen and oxygen atoms in total. The van der Waals surface area contributed by atoms with Gasteiger partial charge in [0.05, 0.1) is 11.0 Å². The third-order valence-corrected chi connectivity index (χ3v) is 5.18. The zero-order valence-electron chi connectivity index (χ0n) is 15.3. The molecule has 3 aromatic rings. The first-order chi connectivity index (χ1) is 12.7. The molecule has 1 aliphatic heterocycles. The average Bonchev–Trinajstić information content (AvgIpc) is 3.29. The highest BCUT2D eigenvalue weighted by Gasteiger charge is 2.26. The second-order valence-electron chi connectivity index (χ2n) is 6.77. The molecule has 2 heterocycles. The number of carbonyl (C=O) groups is 1. The van der Waals surface area contributed by atoms with Crippen molar-refractivity contribution >= 4 is 16.9 Å². The Morgan fingerprint density at radius 1 is 1.23 bits per heavy atom. The van der Waals surface area contributed by atoms with E-state index in [2.05, 4.69) is 20.9 Å². The fourth-order valence-corrected chi connectivity index (χ4v) is 3.86. The van der Waals surface area contributed by atoms with Gasteiger partial charge in [-0.05, 0) is 63.2 Å². The van der Waals surface area contributed by atoms with Crippen molar-refractivity contribution in [3.05, 3.63) is 59.9 Å². The molecular formula is C21H24N4O. The molecule has 0 bridgehead atoms. The quantitative estimate of drug-likeness (QED) is 0.788. The molecule has 1 N–H and O–H groups in total. The number of carbonyl (C=O) groups excluding carboxylic acids is 1. The first-order valence-corrected chi connectivity index (χ1v) is 9.25. The Morgan fingerprint density at radius 3 is 2.69 bits per heavy atom. The van der Waals surface area contributed by atoms with E-state index in [0.29, 0.717) is 6.04 Å². The van der Waals surface area contributed by atoms with E-state index in [1.165, 1.54) is 0 Å². The molecule has 1 saturated heterocycles. The smallest absolute Gasteiger partial charge is 0.254 e. The summed E-state index contributed by atoms with van der Waals surface area (Å²) < 4.78 is 2.13. The van der Waals surface area contributed by atoms with Crippen molar-refractivity contribution in [2.45, 2.75) is 26.3 Å². The summed E-state index contributed by atoms with van der Waals surface area (Å²) in [6.45, 7) is 6.66. The van der Waals surface area contributed by atoms with Gasteiger partial charge in [0, 0.05) is 30.4 Å². The minimum Gasteiger partial charge on any atom is -0.335 e. The van der Waals surface area contributed by atoms with Crippen LogP contribution in [0.2, 0.25) is 0 Å². The normalized spacial score (nSPS) is 16.9. The third-order valence-electron chi connectivity index (χ3n) is 5.18. The third kappa shape index (κ3) is 2.88. The van der Waals surface area contributed by atoms with Crippen LogP contribution < -0.4 is 5.32 Å². The molecule has 4 rings (SSSR count). The summed E-state index contributed by atoms with van der Waals surface area (Å²) in [7, 11) is 0. The highest BCUT2D eigenvalue weighted by atomic mass is 16.2. The lowest BCUT2D eigenvalue weighted by Crippen LogP contribution is -2.41. The summed E-state index contributed by atoms with van der Waals surface area (Å²) in [4.78, 5) is 19.5.